The minimum absolute atomic E-state index is 0.665. The van der Waals surface area contributed by atoms with Crippen molar-refractivity contribution in [3.63, 3.8) is 0 Å². The van der Waals surface area contributed by atoms with Crippen molar-refractivity contribution in [2.24, 2.45) is 0 Å². The van der Waals surface area contributed by atoms with E-state index in [1.54, 1.807) is 12.4 Å². The van der Waals surface area contributed by atoms with Crippen LogP contribution in [0, 0.1) is 0 Å². The van der Waals surface area contributed by atoms with Gasteiger partial charge in [-0.1, -0.05) is 6.07 Å². The number of H-pyrrole nitrogens is 2. The van der Waals surface area contributed by atoms with Gasteiger partial charge in [-0.2, -0.15) is 5.10 Å². The summed E-state index contributed by atoms with van der Waals surface area (Å²) >= 11 is 0. The molecule has 0 aliphatic heterocycles. The number of aromatic nitrogens is 7. The van der Waals surface area contributed by atoms with Crippen LogP contribution in [0.4, 0.5) is 0 Å². The number of hydrogen-bond acceptors (Lipinski definition) is 6. The van der Waals surface area contributed by atoms with E-state index >= 15 is 0 Å². The van der Waals surface area contributed by atoms with Gasteiger partial charge in [0.1, 0.15) is 0 Å². The van der Waals surface area contributed by atoms with Crippen molar-refractivity contribution in [3.05, 3.63) is 79.0 Å². The molecule has 8 nitrogen and oxygen atoms in total. The molecule has 0 bridgehead atoms. The lowest BCUT2D eigenvalue weighted by Gasteiger charge is -2.10. The first-order valence-corrected chi connectivity index (χ1v) is 11.0. The number of hydrogen-bond donors (Lipinski definition) is 2. The molecule has 0 amide bonds. The van der Waals surface area contributed by atoms with E-state index in [9.17, 15) is 0 Å². The van der Waals surface area contributed by atoms with E-state index in [0.717, 1.165) is 62.3 Å². The number of nitrogens with zero attached hydrogens (tertiary/aromatic N) is 6. The first-order valence-electron chi connectivity index (χ1n) is 11.0. The van der Waals surface area contributed by atoms with Crippen LogP contribution in [0.15, 0.2) is 73.4 Å². The Morgan fingerprint density at radius 1 is 0.853 bits per heavy atom. The predicted octanol–water partition coefficient (Wildman–Crippen LogP) is 4.69. The van der Waals surface area contributed by atoms with Crippen LogP contribution in [0.3, 0.4) is 0 Å². The summed E-state index contributed by atoms with van der Waals surface area (Å²) in [6, 6.07) is 14.2. The van der Waals surface area contributed by atoms with Crippen molar-refractivity contribution in [2.75, 3.05) is 14.1 Å². The van der Waals surface area contributed by atoms with Crippen LogP contribution in [0.2, 0.25) is 0 Å². The summed E-state index contributed by atoms with van der Waals surface area (Å²) in [6.07, 6.45) is 9.19. The molecule has 0 spiro atoms. The SMILES string of the molecule is CN(C)Cc1cncc(-c2cnc3n[nH]c(-c4cc5c(-c6ccccn6)nccc5[nH]4)c3c2)c1. The quantitative estimate of drug-likeness (QED) is 0.399. The highest BCUT2D eigenvalue weighted by molar-refractivity contribution is 5.99. The smallest absolute Gasteiger partial charge is 0.181 e. The lowest BCUT2D eigenvalue weighted by Crippen LogP contribution is -2.10. The Hall–Kier alpha value is -4.43. The topological polar surface area (TPSA) is 99.3 Å². The molecule has 6 rings (SSSR count). The maximum Gasteiger partial charge on any atom is 0.181 e. The van der Waals surface area contributed by atoms with Gasteiger partial charge in [0, 0.05) is 64.9 Å². The van der Waals surface area contributed by atoms with E-state index in [-0.39, 0.29) is 0 Å². The van der Waals surface area contributed by atoms with Gasteiger partial charge in [0.05, 0.1) is 22.8 Å². The van der Waals surface area contributed by atoms with E-state index in [1.165, 1.54) is 0 Å². The Labute approximate surface area is 195 Å². The first kappa shape index (κ1) is 20.2. The molecule has 0 aromatic carbocycles. The third-order valence-electron chi connectivity index (χ3n) is 5.76. The Morgan fingerprint density at radius 3 is 2.62 bits per heavy atom. The molecule has 2 N–H and O–H groups in total. The van der Waals surface area contributed by atoms with Gasteiger partial charge in [-0.25, -0.2) is 4.98 Å². The number of rotatable bonds is 5. The van der Waals surface area contributed by atoms with Gasteiger partial charge in [-0.3, -0.25) is 20.1 Å². The van der Waals surface area contributed by atoms with Crippen LogP contribution in [0.25, 0.3) is 55.8 Å². The fraction of sp³-hybridized carbons (Fsp3) is 0.115. The summed E-state index contributed by atoms with van der Waals surface area (Å²) in [7, 11) is 4.10. The molecule has 34 heavy (non-hydrogen) atoms. The second-order valence-corrected chi connectivity index (χ2v) is 8.53. The standard InChI is InChI=1S/C26H22N8/c1-34(2)15-16-9-17(13-27-12-16)18-10-20-25(32-33-26(20)30-14-18)23-11-19-21(31-23)6-8-29-24(19)22-5-3-4-7-28-22/h3-14,31H,15H2,1-2H3,(H,30,32,33). The van der Waals surface area contributed by atoms with E-state index in [2.05, 4.69) is 58.2 Å². The normalized spacial score (nSPS) is 11.6. The summed E-state index contributed by atoms with van der Waals surface area (Å²) < 4.78 is 0. The highest BCUT2D eigenvalue weighted by Crippen LogP contribution is 2.33. The van der Waals surface area contributed by atoms with Crippen LogP contribution in [-0.2, 0) is 6.54 Å². The molecule has 8 heteroatoms. The molecule has 6 aromatic rings. The minimum atomic E-state index is 0.665. The summed E-state index contributed by atoms with van der Waals surface area (Å²) in [4.78, 5) is 23.7. The second kappa shape index (κ2) is 8.17. The predicted molar refractivity (Wildman–Crippen MR) is 133 cm³/mol. The summed E-state index contributed by atoms with van der Waals surface area (Å²) in [5.41, 5.74) is 8.30. The fourth-order valence-electron chi connectivity index (χ4n) is 4.26. The average molecular weight is 447 g/mol. The number of aromatic amines is 2. The average Bonchev–Trinajstić information content (AvgIpc) is 3.48. The molecule has 6 heterocycles. The van der Waals surface area contributed by atoms with E-state index in [4.69, 9.17) is 0 Å². The Morgan fingerprint density at radius 2 is 1.76 bits per heavy atom. The zero-order chi connectivity index (χ0) is 23.1. The third-order valence-corrected chi connectivity index (χ3v) is 5.76. The van der Waals surface area contributed by atoms with Crippen LogP contribution < -0.4 is 0 Å². The molecule has 0 atom stereocenters. The van der Waals surface area contributed by atoms with E-state index in [1.807, 2.05) is 57.0 Å². The minimum Gasteiger partial charge on any atom is -0.353 e. The largest absolute Gasteiger partial charge is 0.353 e. The van der Waals surface area contributed by atoms with Crippen LogP contribution in [0.1, 0.15) is 5.56 Å². The molecule has 6 aromatic heterocycles. The van der Waals surface area contributed by atoms with Crippen molar-refractivity contribution in [1.29, 1.82) is 0 Å². The van der Waals surface area contributed by atoms with Crippen molar-refractivity contribution in [3.8, 4) is 33.9 Å². The maximum absolute atomic E-state index is 4.60. The fourth-order valence-corrected chi connectivity index (χ4v) is 4.26. The Balaban J connectivity index is 1.45. The number of pyridine rings is 4. The Bertz CT molecular complexity index is 1610. The molecular weight excluding hydrogens is 424 g/mol. The third kappa shape index (κ3) is 3.60. The van der Waals surface area contributed by atoms with Gasteiger partial charge in [-0.15, -0.1) is 0 Å². The van der Waals surface area contributed by atoms with Crippen molar-refractivity contribution >= 4 is 21.9 Å². The lowest BCUT2D eigenvalue weighted by molar-refractivity contribution is 0.402. The molecule has 166 valence electrons. The monoisotopic (exact) mass is 446 g/mol. The first-order chi connectivity index (χ1) is 16.7. The highest BCUT2D eigenvalue weighted by atomic mass is 15.2. The number of fused-ring (bicyclic) bond motifs is 2. The van der Waals surface area contributed by atoms with Gasteiger partial charge in [-0.05, 0) is 56.1 Å². The molecule has 0 saturated heterocycles. The molecular formula is C26H22N8. The van der Waals surface area contributed by atoms with E-state index in [0.29, 0.717) is 5.65 Å². The lowest BCUT2D eigenvalue weighted by atomic mass is 10.1. The van der Waals surface area contributed by atoms with Crippen molar-refractivity contribution in [2.45, 2.75) is 6.54 Å². The zero-order valence-electron chi connectivity index (χ0n) is 18.8. The molecule has 0 aliphatic rings. The van der Waals surface area contributed by atoms with Crippen LogP contribution in [0.5, 0.6) is 0 Å². The van der Waals surface area contributed by atoms with Gasteiger partial charge in [0.15, 0.2) is 5.65 Å². The van der Waals surface area contributed by atoms with Crippen molar-refractivity contribution in [1.82, 2.24) is 40.0 Å². The highest BCUT2D eigenvalue weighted by Gasteiger charge is 2.15. The van der Waals surface area contributed by atoms with Gasteiger partial charge in [0.25, 0.3) is 0 Å². The van der Waals surface area contributed by atoms with Crippen LogP contribution >= 0.6 is 0 Å². The second-order valence-electron chi connectivity index (χ2n) is 8.53. The molecule has 0 radical (unpaired) electrons. The van der Waals surface area contributed by atoms with Crippen LogP contribution in [-0.4, -0.2) is 54.1 Å². The van der Waals surface area contributed by atoms with Gasteiger partial charge >= 0.3 is 0 Å². The van der Waals surface area contributed by atoms with Gasteiger partial charge < -0.3 is 9.88 Å². The van der Waals surface area contributed by atoms with E-state index < -0.39 is 0 Å². The zero-order valence-corrected chi connectivity index (χ0v) is 18.8. The summed E-state index contributed by atoms with van der Waals surface area (Å²) in [5, 5.41) is 9.54. The summed E-state index contributed by atoms with van der Waals surface area (Å²) in [5.74, 6) is 0. The Kier molecular flexibility index (Phi) is 4.85. The van der Waals surface area contributed by atoms with Gasteiger partial charge in [0.2, 0.25) is 0 Å². The molecule has 0 unspecified atom stereocenters. The molecule has 0 saturated carbocycles. The maximum atomic E-state index is 4.60. The summed E-state index contributed by atoms with van der Waals surface area (Å²) in [6.45, 7) is 0.829. The molecule has 0 aliphatic carbocycles. The van der Waals surface area contributed by atoms with Crippen molar-refractivity contribution < 1.29 is 0 Å². The number of nitrogens with one attached hydrogen (secondary N) is 2. The molecule has 0 fully saturated rings.